The lowest BCUT2D eigenvalue weighted by Gasteiger charge is -2.09. The number of phenolic OH excluding ortho intramolecular Hbond substituents is 1. The molecule has 0 aliphatic carbocycles. The fourth-order valence-electron chi connectivity index (χ4n) is 1.76. The third kappa shape index (κ3) is 3.06. The van der Waals surface area contributed by atoms with Gasteiger partial charge in [0.05, 0.1) is 5.02 Å². The van der Waals surface area contributed by atoms with Crippen LogP contribution < -0.4 is 5.32 Å². The molecule has 3 nitrogen and oxygen atoms in total. The first-order valence-electron chi connectivity index (χ1n) is 5.84. The van der Waals surface area contributed by atoms with Gasteiger partial charge in [0.1, 0.15) is 5.75 Å². The molecule has 98 valence electrons. The number of amides is 1. The van der Waals surface area contributed by atoms with Gasteiger partial charge >= 0.3 is 0 Å². The quantitative estimate of drug-likeness (QED) is 0.816. The average Bonchev–Trinajstić information content (AvgIpc) is 2.36. The van der Waals surface area contributed by atoms with Crippen molar-refractivity contribution in [1.82, 2.24) is 0 Å². The predicted octanol–water partition coefficient (Wildman–Crippen LogP) is 3.91. The second-order valence-electron chi connectivity index (χ2n) is 4.44. The molecule has 2 aromatic carbocycles. The van der Waals surface area contributed by atoms with E-state index >= 15 is 0 Å². The number of halogens is 1. The zero-order valence-electron chi connectivity index (χ0n) is 10.7. The molecule has 0 spiro atoms. The van der Waals surface area contributed by atoms with Crippen molar-refractivity contribution in [3.63, 3.8) is 0 Å². The molecule has 0 fully saturated rings. The molecule has 1 amide bonds. The first kappa shape index (κ1) is 13.4. The summed E-state index contributed by atoms with van der Waals surface area (Å²) in [7, 11) is 0. The van der Waals surface area contributed by atoms with Gasteiger partial charge in [-0.3, -0.25) is 4.79 Å². The van der Waals surface area contributed by atoms with Gasteiger partial charge in [-0.2, -0.15) is 0 Å². The van der Waals surface area contributed by atoms with E-state index in [1.165, 1.54) is 12.1 Å². The van der Waals surface area contributed by atoms with Gasteiger partial charge in [-0.05, 0) is 43.7 Å². The topological polar surface area (TPSA) is 49.3 Å². The lowest BCUT2D eigenvalue weighted by molar-refractivity contribution is 0.102. The Bertz CT molecular complexity index is 638. The minimum absolute atomic E-state index is 0.00796. The number of anilines is 1. The molecule has 0 unspecified atom stereocenters. The molecule has 19 heavy (non-hydrogen) atoms. The Balaban J connectivity index is 2.25. The normalized spacial score (nSPS) is 10.3. The first-order valence-corrected chi connectivity index (χ1v) is 6.22. The maximum atomic E-state index is 12.2. The van der Waals surface area contributed by atoms with Crippen molar-refractivity contribution in [2.75, 3.05) is 5.32 Å². The fourth-order valence-corrected chi connectivity index (χ4v) is 1.94. The number of nitrogens with one attached hydrogen (secondary N) is 1. The van der Waals surface area contributed by atoms with Crippen molar-refractivity contribution < 1.29 is 9.90 Å². The lowest BCUT2D eigenvalue weighted by atomic mass is 10.1. The fraction of sp³-hybridized carbons (Fsp3) is 0.133. The van der Waals surface area contributed by atoms with E-state index in [-0.39, 0.29) is 16.7 Å². The molecule has 4 heteroatoms. The Hall–Kier alpha value is -2.00. The van der Waals surface area contributed by atoms with Gasteiger partial charge < -0.3 is 10.4 Å². The van der Waals surface area contributed by atoms with Crippen molar-refractivity contribution in [2.45, 2.75) is 13.8 Å². The van der Waals surface area contributed by atoms with Crippen molar-refractivity contribution in [3.05, 3.63) is 58.1 Å². The van der Waals surface area contributed by atoms with Gasteiger partial charge in [-0.1, -0.05) is 29.3 Å². The maximum Gasteiger partial charge on any atom is 0.255 e. The van der Waals surface area contributed by atoms with E-state index < -0.39 is 0 Å². The Morgan fingerprint density at radius 3 is 2.58 bits per heavy atom. The van der Waals surface area contributed by atoms with E-state index in [1.54, 1.807) is 6.07 Å². The number of carbonyl (C=O) groups excluding carboxylic acids is 1. The summed E-state index contributed by atoms with van der Waals surface area (Å²) in [6.07, 6.45) is 0. The van der Waals surface area contributed by atoms with Crippen LogP contribution in [0.15, 0.2) is 36.4 Å². The van der Waals surface area contributed by atoms with Gasteiger partial charge in [0.2, 0.25) is 0 Å². The predicted molar refractivity (Wildman–Crippen MR) is 77.0 cm³/mol. The zero-order chi connectivity index (χ0) is 14.0. The number of phenols is 1. The molecule has 2 rings (SSSR count). The average molecular weight is 276 g/mol. The minimum Gasteiger partial charge on any atom is -0.506 e. The Labute approximate surface area is 116 Å². The van der Waals surface area contributed by atoms with Crippen LogP contribution in [0.2, 0.25) is 5.02 Å². The van der Waals surface area contributed by atoms with E-state index in [2.05, 4.69) is 5.32 Å². The van der Waals surface area contributed by atoms with Crippen LogP contribution in [0.1, 0.15) is 21.5 Å². The second-order valence-corrected chi connectivity index (χ2v) is 4.85. The number of carbonyl (C=O) groups is 1. The summed E-state index contributed by atoms with van der Waals surface area (Å²) in [5, 5.41) is 12.3. The highest BCUT2D eigenvalue weighted by molar-refractivity contribution is 6.32. The molecule has 2 N–H and O–H groups in total. The van der Waals surface area contributed by atoms with Crippen molar-refractivity contribution in [1.29, 1.82) is 0 Å². The number of hydrogen-bond donors (Lipinski definition) is 2. The van der Waals surface area contributed by atoms with Crippen LogP contribution in [0, 0.1) is 13.8 Å². The number of hydrogen-bond acceptors (Lipinski definition) is 2. The summed E-state index contributed by atoms with van der Waals surface area (Å²) < 4.78 is 0. The molecule has 0 aliphatic rings. The summed E-state index contributed by atoms with van der Waals surface area (Å²) in [4.78, 5) is 12.2. The number of rotatable bonds is 2. The zero-order valence-corrected chi connectivity index (χ0v) is 11.5. The maximum absolute atomic E-state index is 12.2. The summed E-state index contributed by atoms with van der Waals surface area (Å²) in [5.74, 6) is -0.200. The van der Waals surface area contributed by atoms with Crippen LogP contribution in [-0.4, -0.2) is 11.0 Å². The number of aryl methyl sites for hydroxylation is 2. The van der Waals surface area contributed by atoms with Gasteiger partial charge in [0, 0.05) is 11.3 Å². The standard InChI is InChI=1S/C15H14ClNO2/c1-9-3-4-10(2)12(7-9)15(19)17-11-5-6-14(18)13(16)8-11/h3-8,18H,1-2H3,(H,17,19). The third-order valence-electron chi connectivity index (χ3n) is 2.84. The van der Waals surface area contributed by atoms with E-state index in [9.17, 15) is 9.90 Å². The van der Waals surface area contributed by atoms with Gasteiger partial charge in [-0.25, -0.2) is 0 Å². The first-order chi connectivity index (χ1) is 8.97. The van der Waals surface area contributed by atoms with Gasteiger partial charge in [0.25, 0.3) is 5.91 Å². The number of aromatic hydroxyl groups is 1. The molecule has 0 bridgehead atoms. The minimum atomic E-state index is -0.192. The van der Waals surface area contributed by atoms with E-state index in [4.69, 9.17) is 11.6 Å². The monoisotopic (exact) mass is 275 g/mol. The molecule has 2 aromatic rings. The second kappa shape index (κ2) is 5.33. The summed E-state index contributed by atoms with van der Waals surface area (Å²) in [6, 6.07) is 10.3. The number of benzene rings is 2. The Morgan fingerprint density at radius 2 is 1.89 bits per heavy atom. The van der Waals surface area contributed by atoms with Gasteiger partial charge in [-0.15, -0.1) is 0 Å². The largest absolute Gasteiger partial charge is 0.506 e. The van der Waals surface area contributed by atoms with Crippen LogP contribution in [0.5, 0.6) is 5.75 Å². The molecular formula is C15H14ClNO2. The molecular weight excluding hydrogens is 262 g/mol. The molecule has 0 atom stereocenters. The van der Waals surface area contributed by atoms with E-state index in [1.807, 2.05) is 32.0 Å². The van der Waals surface area contributed by atoms with Crippen LogP contribution in [-0.2, 0) is 0 Å². The lowest BCUT2D eigenvalue weighted by Crippen LogP contribution is -2.13. The molecule has 0 aromatic heterocycles. The molecule has 0 radical (unpaired) electrons. The molecule has 0 saturated heterocycles. The SMILES string of the molecule is Cc1ccc(C)c(C(=O)Nc2ccc(O)c(Cl)c2)c1. The van der Waals surface area contributed by atoms with Crippen molar-refractivity contribution >= 4 is 23.2 Å². The summed E-state index contributed by atoms with van der Waals surface area (Å²) >= 11 is 5.80. The smallest absolute Gasteiger partial charge is 0.255 e. The van der Waals surface area contributed by atoms with E-state index in [0.717, 1.165) is 11.1 Å². The van der Waals surface area contributed by atoms with Crippen molar-refractivity contribution in [3.8, 4) is 5.75 Å². The Kier molecular flexibility index (Phi) is 3.76. The summed E-state index contributed by atoms with van der Waals surface area (Å²) in [5.41, 5.74) is 3.12. The highest BCUT2D eigenvalue weighted by Crippen LogP contribution is 2.26. The highest BCUT2D eigenvalue weighted by Gasteiger charge is 2.10. The molecule has 0 aliphatic heterocycles. The molecule has 0 saturated carbocycles. The highest BCUT2D eigenvalue weighted by atomic mass is 35.5. The van der Waals surface area contributed by atoms with Crippen molar-refractivity contribution in [2.24, 2.45) is 0 Å². The Morgan fingerprint density at radius 1 is 1.16 bits per heavy atom. The van der Waals surface area contributed by atoms with Crippen LogP contribution in [0.25, 0.3) is 0 Å². The van der Waals surface area contributed by atoms with E-state index in [0.29, 0.717) is 11.3 Å². The third-order valence-corrected chi connectivity index (χ3v) is 3.15. The van der Waals surface area contributed by atoms with Crippen LogP contribution >= 0.6 is 11.6 Å². The molecule has 0 heterocycles. The van der Waals surface area contributed by atoms with Crippen LogP contribution in [0.3, 0.4) is 0 Å². The van der Waals surface area contributed by atoms with Gasteiger partial charge in [0.15, 0.2) is 0 Å². The summed E-state index contributed by atoms with van der Waals surface area (Å²) in [6.45, 7) is 3.83. The van der Waals surface area contributed by atoms with Crippen LogP contribution in [0.4, 0.5) is 5.69 Å².